The van der Waals surface area contributed by atoms with Crippen LogP contribution in [0.15, 0.2) is 18.2 Å². The number of phenols is 1. The first-order valence-corrected chi connectivity index (χ1v) is 8.99. The minimum Gasteiger partial charge on any atom is -0.508 e. The molecule has 1 aromatic carbocycles. The number of aromatic hydroxyl groups is 1. The molecule has 0 amide bonds. The number of nitrogens with zero attached hydrogens (tertiary/aromatic N) is 2. The summed E-state index contributed by atoms with van der Waals surface area (Å²) in [6.07, 6.45) is 6.35. The Morgan fingerprint density at radius 1 is 1.35 bits per heavy atom. The van der Waals surface area contributed by atoms with Crippen LogP contribution in [0, 0.1) is 17.2 Å². The minimum atomic E-state index is 0.189. The number of hydrogen-bond donors (Lipinski definition) is 1. The standard InChI is InChI=1S/C20H28N2O/c1-15-19-13-16-7-8-17(23)14-18(16)20(15,2)9-12-22(19)11-6-4-3-5-10-21/h7-8,14-15,19,23H,3-6,9,11-13H2,1-2H3/t15-,19-,20-/m0/s1. The highest BCUT2D eigenvalue weighted by atomic mass is 16.3. The van der Waals surface area contributed by atoms with Gasteiger partial charge in [0.15, 0.2) is 0 Å². The van der Waals surface area contributed by atoms with Gasteiger partial charge in [-0.2, -0.15) is 5.26 Å². The third-order valence-corrected chi connectivity index (χ3v) is 6.34. The SMILES string of the molecule is C[C@H]1[C@@H]2Cc3ccc(O)cc3[C@@]1(C)CCN2CCCCCC#N. The molecule has 0 spiro atoms. The van der Waals surface area contributed by atoms with Gasteiger partial charge < -0.3 is 5.11 Å². The van der Waals surface area contributed by atoms with Crippen molar-refractivity contribution < 1.29 is 5.11 Å². The molecule has 1 saturated heterocycles. The first-order valence-electron chi connectivity index (χ1n) is 8.99. The van der Waals surface area contributed by atoms with Crippen LogP contribution in [0.3, 0.4) is 0 Å². The van der Waals surface area contributed by atoms with Gasteiger partial charge in [0.1, 0.15) is 5.75 Å². The summed E-state index contributed by atoms with van der Waals surface area (Å²) in [7, 11) is 0. The van der Waals surface area contributed by atoms with E-state index in [0.29, 0.717) is 24.1 Å². The summed E-state index contributed by atoms with van der Waals surface area (Å²) in [4.78, 5) is 2.68. The Labute approximate surface area is 139 Å². The molecule has 1 heterocycles. The molecule has 2 aliphatic rings. The van der Waals surface area contributed by atoms with Crippen LogP contribution in [0.5, 0.6) is 5.75 Å². The Kier molecular flexibility index (Phi) is 4.64. The molecule has 23 heavy (non-hydrogen) atoms. The second-order valence-electron chi connectivity index (χ2n) is 7.57. The number of fused-ring (bicyclic) bond motifs is 4. The van der Waals surface area contributed by atoms with Crippen LogP contribution in [-0.4, -0.2) is 29.1 Å². The second kappa shape index (κ2) is 6.53. The van der Waals surface area contributed by atoms with E-state index >= 15 is 0 Å². The number of piperidine rings is 1. The quantitative estimate of drug-likeness (QED) is 0.836. The second-order valence-corrected chi connectivity index (χ2v) is 7.57. The van der Waals surface area contributed by atoms with Crippen molar-refractivity contribution >= 4 is 0 Å². The van der Waals surface area contributed by atoms with Gasteiger partial charge in [0.25, 0.3) is 0 Å². The van der Waals surface area contributed by atoms with Crippen LogP contribution in [0.4, 0.5) is 0 Å². The van der Waals surface area contributed by atoms with Gasteiger partial charge in [-0.05, 0) is 73.4 Å². The zero-order valence-electron chi connectivity index (χ0n) is 14.4. The molecule has 3 heteroatoms. The topological polar surface area (TPSA) is 47.3 Å². The number of nitriles is 1. The number of unbranched alkanes of at least 4 members (excludes halogenated alkanes) is 3. The molecular weight excluding hydrogens is 284 g/mol. The highest BCUT2D eigenvalue weighted by Crippen LogP contribution is 2.49. The highest BCUT2D eigenvalue weighted by Gasteiger charge is 2.48. The van der Waals surface area contributed by atoms with Crippen molar-refractivity contribution in [2.24, 2.45) is 5.92 Å². The summed E-state index contributed by atoms with van der Waals surface area (Å²) in [5.41, 5.74) is 2.98. The fourth-order valence-electron chi connectivity index (χ4n) is 4.67. The summed E-state index contributed by atoms with van der Waals surface area (Å²) in [5.74, 6) is 1.01. The minimum absolute atomic E-state index is 0.189. The number of phenolic OH excluding ortho intramolecular Hbond substituents is 1. The Bertz CT molecular complexity index is 606. The molecule has 3 atom stereocenters. The van der Waals surface area contributed by atoms with E-state index in [1.165, 1.54) is 24.0 Å². The fourth-order valence-corrected chi connectivity index (χ4v) is 4.67. The van der Waals surface area contributed by atoms with Crippen molar-refractivity contribution in [1.29, 1.82) is 5.26 Å². The van der Waals surface area contributed by atoms with Gasteiger partial charge >= 0.3 is 0 Å². The van der Waals surface area contributed by atoms with E-state index in [9.17, 15) is 5.11 Å². The first-order chi connectivity index (χ1) is 11.1. The van der Waals surface area contributed by atoms with E-state index in [4.69, 9.17) is 5.26 Å². The monoisotopic (exact) mass is 312 g/mol. The molecule has 1 N–H and O–H groups in total. The van der Waals surface area contributed by atoms with Crippen molar-refractivity contribution in [2.45, 2.75) is 63.8 Å². The van der Waals surface area contributed by atoms with Gasteiger partial charge in [-0.15, -0.1) is 0 Å². The molecule has 1 aromatic rings. The normalized spacial score (nSPS) is 29.8. The van der Waals surface area contributed by atoms with E-state index < -0.39 is 0 Å². The molecule has 2 bridgehead atoms. The summed E-state index contributed by atoms with van der Waals surface area (Å²) in [6, 6.07) is 8.80. The lowest BCUT2D eigenvalue weighted by Gasteiger charge is -2.54. The lowest BCUT2D eigenvalue weighted by molar-refractivity contribution is 0.0303. The molecule has 124 valence electrons. The average Bonchev–Trinajstić information content (AvgIpc) is 2.53. The average molecular weight is 312 g/mol. The summed E-state index contributed by atoms with van der Waals surface area (Å²) in [5, 5.41) is 18.5. The molecule has 0 aromatic heterocycles. The zero-order valence-corrected chi connectivity index (χ0v) is 14.4. The number of rotatable bonds is 5. The molecular formula is C20H28N2O. The van der Waals surface area contributed by atoms with Crippen LogP contribution >= 0.6 is 0 Å². The lowest BCUT2D eigenvalue weighted by Crippen LogP contribution is -2.58. The summed E-state index contributed by atoms with van der Waals surface area (Å²) >= 11 is 0. The molecule has 0 unspecified atom stereocenters. The smallest absolute Gasteiger partial charge is 0.115 e. The van der Waals surface area contributed by atoms with Crippen LogP contribution < -0.4 is 0 Å². The number of hydrogen-bond acceptors (Lipinski definition) is 3. The Morgan fingerprint density at radius 2 is 2.17 bits per heavy atom. The summed E-state index contributed by atoms with van der Waals surface area (Å²) in [6.45, 7) is 7.08. The molecule has 0 saturated carbocycles. The fraction of sp³-hybridized carbons (Fsp3) is 0.650. The predicted octanol–water partition coefficient (Wildman–Crippen LogP) is 4.00. The molecule has 0 radical (unpaired) electrons. The van der Waals surface area contributed by atoms with Gasteiger partial charge in [-0.1, -0.05) is 26.3 Å². The van der Waals surface area contributed by atoms with Gasteiger partial charge in [-0.3, -0.25) is 4.90 Å². The Balaban J connectivity index is 1.72. The van der Waals surface area contributed by atoms with E-state index in [1.54, 1.807) is 0 Å². The first kappa shape index (κ1) is 16.3. The van der Waals surface area contributed by atoms with Crippen molar-refractivity contribution in [3.05, 3.63) is 29.3 Å². The van der Waals surface area contributed by atoms with E-state index in [1.807, 2.05) is 12.1 Å². The van der Waals surface area contributed by atoms with Crippen molar-refractivity contribution in [2.75, 3.05) is 13.1 Å². The lowest BCUT2D eigenvalue weighted by atomic mass is 9.59. The van der Waals surface area contributed by atoms with Crippen LogP contribution in [0.25, 0.3) is 0 Å². The van der Waals surface area contributed by atoms with Gasteiger partial charge in [0.05, 0.1) is 6.07 Å². The maximum atomic E-state index is 9.89. The van der Waals surface area contributed by atoms with Crippen molar-refractivity contribution in [1.82, 2.24) is 4.90 Å². The molecule has 3 rings (SSSR count). The maximum absolute atomic E-state index is 9.89. The van der Waals surface area contributed by atoms with Crippen LogP contribution in [-0.2, 0) is 11.8 Å². The maximum Gasteiger partial charge on any atom is 0.115 e. The van der Waals surface area contributed by atoms with Crippen molar-refractivity contribution in [3.63, 3.8) is 0 Å². The van der Waals surface area contributed by atoms with Gasteiger partial charge in [0, 0.05) is 12.5 Å². The predicted molar refractivity (Wildman–Crippen MR) is 92.4 cm³/mol. The third kappa shape index (κ3) is 2.97. The zero-order chi connectivity index (χ0) is 16.4. The van der Waals surface area contributed by atoms with Crippen LogP contribution in [0.2, 0.25) is 0 Å². The van der Waals surface area contributed by atoms with E-state index in [2.05, 4.69) is 30.9 Å². The third-order valence-electron chi connectivity index (χ3n) is 6.34. The number of benzene rings is 1. The summed E-state index contributed by atoms with van der Waals surface area (Å²) < 4.78 is 0. The van der Waals surface area contributed by atoms with Crippen LogP contribution in [0.1, 0.15) is 57.1 Å². The van der Waals surface area contributed by atoms with Crippen molar-refractivity contribution in [3.8, 4) is 11.8 Å². The molecule has 1 aliphatic heterocycles. The Morgan fingerprint density at radius 3 is 2.96 bits per heavy atom. The highest BCUT2D eigenvalue weighted by molar-refractivity contribution is 5.44. The van der Waals surface area contributed by atoms with E-state index in [-0.39, 0.29) is 5.41 Å². The number of likely N-dealkylation sites (tertiary alicyclic amines) is 1. The Hall–Kier alpha value is -1.53. The largest absolute Gasteiger partial charge is 0.508 e. The molecule has 1 fully saturated rings. The van der Waals surface area contributed by atoms with E-state index in [0.717, 1.165) is 32.4 Å². The van der Waals surface area contributed by atoms with Gasteiger partial charge in [-0.25, -0.2) is 0 Å². The van der Waals surface area contributed by atoms with Gasteiger partial charge in [0.2, 0.25) is 0 Å². The molecule has 3 nitrogen and oxygen atoms in total. The molecule has 1 aliphatic carbocycles.